The second-order valence-electron chi connectivity index (χ2n) is 8.46. The summed E-state index contributed by atoms with van der Waals surface area (Å²) in [6.45, 7) is 5.16. The number of carbonyl (C=O) groups excluding carboxylic acids is 2. The molecule has 0 aliphatic heterocycles. The zero-order valence-corrected chi connectivity index (χ0v) is 20.9. The standard InChI is InChI=1S/C29H34N2O2S/c1-3-4-19-30-29(33)27(20-24-11-7-5-8-12-24)31(21-25-17-15-23(2)16-18-25)28(32)22-34-26-13-9-6-10-14-26/h5-18,27H,3-4,19-22H2,1-2H3,(H,30,33)/t27-/m0/s1. The fraction of sp³-hybridized carbons (Fsp3) is 0.310. The summed E-state index contributed by atoms with van der Waals surface area (Å²) in [5.41, 5.74) is 3.22. The first-order valence-corrected chi connectivity index (χ1v) is 12.9. The Labute approximate surface area is 207 Å². The third-order valence-electron chi connectivity index (χ3n) is 5.68. The Hall–Kier alpha value is -3.05. The van der Waals surface area contributed by atoms with Crippen LogP contribution < -0.4 is 5.32 Å². The number of nitrogens with one attached hydrogen (secondary N) is 1. The number of unbranched alkanes of at least 4 members (excludes halogenated alkanes) is 1. The molecule has 3 aromatic carbocycles. The van der Waals surface area contributed by atoms with Crippen molar-refractivity contribution in [2.24, 2.45) is 0 Å². The number of hydrogen-bond donors (Lipinski definition) is 1. The maximum Gasteiger partial charge on any atom is 0.243 e. The van der Waals surface area contributed by atoms with Gasteiger partial charge in [-0.3, -0.25) is 9.59 Å². The fourth-order valence-corrected chi connectivity index (χ4v) is 4.50. The second-order valence-corrected chi connectivity index (χ2v) is 9.51. The lowest BCUT2D eigenvalue weighted by Crippen LogP contribution is -2.51. The molecule has 5 heteroatoms. The summed E-state index contributed by atoms with van der Waals surface area (Å²) in [7, 11) is 0. The Balaban J connectivity index is 1.86. The van der Waals surface area contributed by atoms with Crippen LogP contribution >= 0.6 is 11.8 Å². The van der Waals surface area contributed by atoms with Gasteiger partial charge in [-0.1, -0.05) is 91.7 Å². The van der Waals surface area contributed by atoms with E-state index in [0.717, 1.165) is 28.9 Å². The minimum Gasteiger partial charge on any atom is -0.354 e. The van der Waals surface area contributed by atoms with Crippen molar-refractivity contribution in [1.29, 1.82) is 0 Å². The number of benzene rings is 3. The summed E-state index contributed by atoms with van der Waals surface area (Å²) in [6, 6.07) is 27.4. The van der Waals surface area contributed by atoms with Gasteiger partial charge in [0.15, 0.2) is 0 Å². The molecule has 0 saturated carbocycles. The first-order chi connectivity index (χ1) is 16.6. The van der Waals surface area contributed by atoms with Crippen LogP contribution in [0.15, 0.2) is 89.8 Å². The molecule has 0 radical (unpaired) electrons. The summed E-state index contributed by atoms with van der Waals surface area (Å²) in [5, 5.41) is 3.07. The lowest BCUT2D eigenvalue weighted by molar-refractivity contribution is -0.139. The van der Waals surface area contributed by atoms with E-state index < -0.39 is 6.04 Å². The number of thioether (sulfide) groups is 1. The largest absolute Gasteiger partial charge is 0.354 e. The quantitative estimate of drug-likeness (QED) is 0.273. The molecular formula is C29H34N2O2S. The highest BCUT2D eigenvalue weighted by Gasteiger charge is 2.30. The van der Waals surface area contributed by atoms with E-state index in [1.807, 2.05) is 91.9 Å². The molecule has 0 saturated heterocycles. The van der Waals surface area contributed by atoms with Gasteiger partial charge in [0.25, 0.3) is 0 Å². The number of amides is 2. The minimum atomic E-state index is -0.579. The second kappa shape index (κ2) is 13.6. The number of aryl methyl sites for hydroxylation is 1. The highest BCUT2D eigenvalue weighted by atomic mass is 32.2. The number of rotatable bonds is 12. The predicted octanol–water partition coefficient (Wildman–Crippen LogP) is 5.64. The van der Waals surface area contributed by atoms with Gasteiger partial charge in [-0.25, -0.2) is 0 Å². The predicted molar refractivity (Wildman–Crippen MR) is 141 cm³/mol. The summed E-state index contributed by atoms with van der Waals surface area (Å²) < 4.78 is 0. The highest BCUT2D eigenvalue weighted by molar-refractivity contribution is 8.00. The average molecular weight is 475 g/mol. The van der Waals surface area contributed by atoms with Crippen LogP contribution in [0.1, 0.15) is 36.5 Å². The summed E-state index contributed by atoms with van der Waals surface area (Å²) in [4.78, 5) is 29.8. The molecule has 0 bridgehead atoms. The van der Waals surface area contributed by atoms with Crippen molar-refractivity contribution in [2.75, 3.05) is 12.3 Å². The normalized spacial score (nSPS) is 11.6. The Morgan fingerprint density at radius 3 is 2.18 bits per heavy atom. The van der Waals surface area contributed by atoms with Crippen molar-refractivity contribution < 1.29 is 9.59 Å². The molecule has 0 heterocycles. The minimum absolute atomic E-state index is 0.0407. The van der Waals surface area contributed by atoms with E-state index >= 15 is 0 Å². The molecule has 0 aromatic heterocycles. The molecule has 1 N–H and O–H groups in total. The SMILES string of the molecule is CCCCNC(=O)[C@H](Cc1ccccc1)N(Cc1ccc(C)cc1)C(=O)CSc1ccccc1. The molecule has 0 aliphatic carbocycles. The van der Waals surface area contributed by atoms with Gasteiger partial charge in [-0.2, -0.15) is 0 Å². The van der Waals surface area contributed by atoms with Crippen LogP contribution in [0.3, 0.4) is 0 Å². The number of hydrogen-bond acceptors (Lipinski definition) is 3. The van der Waals surface area contributed by atoms with Crippen LogP contribution in [-0.4, -0.2) is 35.1 Å². The van der Waals surface area contributed by atoms with E-state index in [2.05, 4.69) is 12.2 Å². The number of carbonyl (C=O) groups is 2. The van der Waals surface area contributed by atoms with E-state index in [1.54, 1.807) is 4.90 Å². The van der Waals surface area contributed by atoms with Gasteiger partial charge in [-0.15, -0.1) is 11.8 Å². The molecule has 4 nitrogen and oxygen atoms in total. The smallest absolute Gasteiger partial charge is 0.243 e. The summed E-state index contributed by atoms with van der Waals surface area (Å²) in [6.07, 6.45) is 2.40. The van der Waals surface area contributed by atoms with Gasteiger partial charge < -0.3 is 10.2 Å². The molecule has 178 valence electrons. The number of nitrogens with zero attached hydrogens (tertiary/aromatic N) is 1. The van der Waals surface area contributed by atoms with E-state index in [1.165, 1.54) is 17.3 Å². The average Bonchev–Trinajstić information content (AvgIpc) is 2.87. The van der Waals surface area contributed by atoms with Crippen LogP contribution in [-0.2, 0) is 22.6 Å². The van der Waals surface area contributed by atoms with Crippen molar-refractivity contribution in [2.45, 2.75) is 50.6 Å². The zero-order valence-electron chi connectivity index (χ0n) is 20.1. The van der Waals surface area contributed by atoms with Crippen LogP contribution in [0.2, 0.25) is 0 Å². The molecule has 2 amide bonds. The van der Waals surface area contributed by atoms with Crippen molar-refractivity contribution in [3.05, 3.63) is 102 Å². The van der Waals surface area contributed by atoms with Crippen LogP contribution in [0.5, 0.6) is 0 Å². The first-order valence-electron chi connectivity index (χ1n) is 11.9. The maximum atomic E-state index is 13.6. The van der Waals surface area contributed by atoms with E-state index in [4.69, 9.17) is 0 Å². The molecule has 3 aromatic rings. The van der Waals surface area contributed by atoms with E-state index in [-0.39, 0.29) is 17.6 Å². The van der Waals surface area contributed by atoms with Gasteiger partial charge in [-0.05, 0) is 36.6 Å². The Bertz CT molecular complexity index is 1020. The summed E-state index contributed by atoms with van der Waals surface area (Å²) in [5.74, 6) is 0.145. The van der Waals surface area contributed by atoms with Gasteiger partial charge in [0.05, 0.1) is 5.75 Å². The van der Waals surface area contributed by atoms with Crippen LogP contribution in [0.25, 0.3) is 0 Å². The van der Waals surface area contributed by atoms with Crippen molar-refractivity contribution in [1.82, 2.24) is 10.2 Å². The molecule has 3 rings (SSSR count). The van der Waals surface area contributed by atoms with Gasteiger partial charge >= 0.3 is 0 Å². The van der Waals surface area contributed by atoms with E-state index in [9.17, 15) is 9.59 Å². The maximum absolute atomic E-state index is 13.6. The van der Waals surface area contributed by atoms with Crippen molar-refractivity contribution in [3.8, 4) is 0 Å². The lowest BCUT2D eigenvalue weighted by Gasteiger charge is -2.31. The molecule has 0 unspecified atom stereocenters. The first kappa shape index (κ1) is 25.6. The highest BCUT2D eigenvalue weighted by Crippen LogP contribution is 2.21. The van der Waals surface area contributed by atoms with Crippen LogP contribution in [0, 0.1) is 6.92 Å². The Kier molecular flexibility index (Phi) is 10.2. The topological polar surface area (TPSA) is 49.4 Å². The third kappa shape index (κ3) is 8.07. The molecule has 0 fully saturated rings. The molecule has 34 heavy (non-hydrogen) atoms. The molecular weight excluding hydrogens is 440 g/mol. The van der Waals surface area contributed by atoms with E-state index in [0.29, 0.717) is 19.5 Å². The Morgan fingerprint density at radius 2 is 1.53 bits per heavy atom. The van der Waals surface area contributed by atoms with Gasteiger partial charge in [0, 0.05) is 24.4 Å². The lowest BCUT2D eigenvalue weighted by atomic mass is 10.0. The molecule has 1 atom stereocenters. The van der Waals surface area contributed by atoms with Gasteiger partial charge in [0.2, 0.25) is 11.8 Å². The van der Waals surface area contributed by atoms with Gasteiger partial charge in [0.1, 0.15) is 6.04 Å². The van der Waals surface area contributed by atoms with Crippen molar-refractivity contribution in [3.63, 3.8) is 0 Å². The summed E-state index contributed by atoms with van der Waals surface area (Å²) >= 11 is 1.50. The monoisotopic (exact) mass is 474 g/mol. The Morgan fingerprint density at radius 1 is 0.882 bits per heavy atom. The molecule has 0 spiro atoms. The fourth-order valence-electron chi connectivity index (χ4n) is 3.70. The van der Waals surface area contributed by atoms with Crippen LogP contribution in [0.4, 0.5) is 0 Å². The zero-order chi connectivity index (χ0) is 24.2. The van der Waals surface area contributed by atoms with Crippen molar-refractivity contribution >= 4 is 23.6 Å². The third-order valence-corrected chi connectivity index (χ3v) is 6.68. The molecule has 0 aliphatic rings.